The van der Waals surface area contributed by atoms with E-state index in [-0.39, 0.29) is 29.7 Å². The van der Waals surface area contributed by atoms with Crippen molar-refractivity contribution in [1.82, 2.24) is 10.2 Å². The lowest BCUT2D eigenvalue weighted by Crippen LogP contribution is -2.45. The fraction of sp³-hybridized carbons (Fsp3) is 0.833. The monoisotopic (exact) mass is 255 g/mol. The second-order valence-electron chi connectivity index (χ2n) is 4.98. The number of carbonyl (C=O) groups excluding carboxylic acids is 2. The highest BCUT2D eigenvalue weighted by molar-refractivity contribution is 5.83. The zero-order valence-electron chi connectivity index (χ0n) is 10.7. The van der Waals surface area contributed by atoms with Gasteiger partial charge in [-0.25, -0.2) is 0 Å². The minimum absolute atomic E-state index is 0.0854. The van der Waals surface area contributed by atoms with Crippen molar-refractivity contribution < 1.29 is 14.3 Å². The molecule has 2 heterocycles. The fourth-order valence-electron chi connectivity index (χ4n) is 2.69. The molecule has 2 aliphatic heterocycles. The van der Waals surface area contributed by atoms with Crippen LogP contribution in [0.25, 0.3) is 0 Å². The van der Waals surface area contributed by atoms with Gasteiger partial charge in [-0.2, -0.15) is 0 Å². The van der Waals surface area contributed by atoms with Crippen LogP contribution in [-0.2, 0) is 14.3 Å². The molecule has 0 aromatic carbocycles. The van der Waals surface area contributed by atoms with Gasteiger partial charge in [0.2, 0.25) is 11.8 Å². The Hall–Kier alpha value is -1.14. The first-order valence-electron chi connectivity index (χ1n) is 6.52. The molecule has 3 atom stereocenters. The Morgan fingerprint density at radius 3 is 2.83 bits per heavy atom. The largest absolute Gasteiger partial charge is 0.379 e. The number of primary amides is 1. The molecular formula is C12H21N3O3. The minimum atomic E-state index is -0.309. The predicted molar refractivity (Wildman–Crippen MR) is 65.7 cm³/mol. The van der Waals surface area contributed by atoms with Crippen LogP contribution < -0.4 is 11.1 Å². The number of rotatable bonds is 4. The number of likely N-dealkylation sites (N-methyl/N-ethyl adjacent to an activating group) is 1. The van der Waals surface area contributed by atoms with Gasteiger partial charge in [0, 0.05) is 19.1 Å². The van der Waals surface area contributed by atoms with Crippen molar-refractivity contribution in [2.24, 2.45) is 17.6 Å². The first-order chi connectivity index (χ1) is 8.63. The van der Waals surface area contributed by atoms with E-state index in [1.165, 1.54) is 0 Å². The summed E-state index contributed by atoms with van der Waals surface area (Å²) in [4.78, 5) is 25.2. The molecule has 0 aliphatic carbocycles. The minimum Gasteiger partial charge on any atom is -0.379 e. The zero-order chi connectivity index (χ0) is 13.1. The smallest absolute Gasteiger partial charge is 0.229 e. The summed E-state index contributed by atoms with van der Waals surface area (Å²) >= 11 is 0. The SMILES string of the molecule is CCNC1COCC1C(=O)N1CCC(C(N)=O)C1. The number of likely N-dealkylation sites (tertiary alicyclic amines) is 1. The Morgan fingerprint density at radius 1 is 1.44 bits per heavy atom. The van der Waals surface area contributed by atoms with Crippen molar-refractivity contribution in [3.63, 3.8) is 0 Å². The molecule has 0 aromatic rings. The summed E-state index contributed by atoms with van der Waals surface area (Å²) in [6.07, 6.45) is 0.681. The summed E-state index contributed by atoms with van der Waals surface area (Å²) in [6.45, 7) is 4.97. The summed E-state index contributed by atoms with van der Waals surface area (Å²) in [5.74, 6) is -0.538. The molecule has 0 saturated carbocycles. The van der Waals surface area contributed by atoms with E-state index in [0.29, 0.717) is 32.7 Å². The quantitative estimate of drug-likeness (QED) is 0.671. The van der Waals surface area contributed by atoms with Gasteiger partial charge in [-0.1, -0.05) is 6.92 Å². The molecule has 0 bridgehead atoms. The summed E-state index contributed by atoms with van der Waals surface area (Å²) in [6, 6.07) is 0.0927. The van der Waals surface area contributed by atoms with Gasteiger partial charge in [-0.15, -0.1) is 0 Å². The van der Waals surface area contributed by atoms with E-state index >= 15 is 0 Å². The average molecular weight is 255 g/mol. The number of nitrogens with two attached hydrogens (primary N) is 1. The van der Waals surface area contributed by atoms with Crippen LogP contribution in [0.3, 0.4) is 0 Å². The van der Waals surface area contributed by atoms with E-state index in [2.05, 4.69) is 5.32 Å². The van der Waals surface area contributed by atoms with Gasteiger partial charge in [0.05, 0.1) is 25.0 Å². The summed E-state index contributed by atoms with van der Waals surface area (Å²) < 4.78 is 5.38. The van der Waals surface area contributed by atoms with Crippen LogP contribution in [0, 0.1) is 11.8 Å². The predicted octanol–water partition coefficient (Wildman–Crippen LogP) is -1.06. The maximum atomic E-state index is 12.4. The first-order valence-corrected chi connectivity index (χ1v) is 6.52. The Kier molecular flexibility index (Phi) is 4.19. The van der Waals surface area contributed by atoms with E-state index in [9.17, 15) is 9.59 Å². The number of ether oxygens (including phenoxy) is 1. The molecular weight excluding hydrogens is 234 g/mol. The topological polar surface area (TPSA) is 84.7 Å². The van der Waals surface area contributed by atoms with Gasteiger partial charge in [0.25, 0.3) is 0 Å². The van der Waals surface area contributed by atoms with Gasteiger partial charge in [0.15, 0.2) is 0 Å². The molecule has 0 radical (unpaired) electrons. The molecule has 2 aliphatic rings. The van der Waals surface area contributed by atoms with Crippen molar-refractivity contribution >= 4 is 11.8 Å². The lowest BCUT2D eigenvalue weighted by atomic mass is 10.0. The van der Waals surface area contributed by atoms with Crippen molar-refractivity contribution in [3.8, 4) is 0 Å². The second kappa shape index (κ2) is 5.67. The number of hydrogen-bond donors (Lipinski definition) is 2. The highest BCUT2D eigenvalue weighted by atomic mass is 16.5. The molecule has 0 spiro atoms. The van der Waals surface area contributed by atoms with Crippen LogP contribution in [0.15, 0.2) is 0 Å². The van der Waals surface area contributed by atoms with Gasteiger partial charge >= 0.3 is 0 Å². The fourth-order valence-corrected chi connectivity index (χ4v) is 2.69. The Bertz CT molecular complexity index is 335. The number of amides is 2. The van der Waals surface area contributed by atoms with E-state index in [4.69, 9.17) is 10.5 Å². The van der Waals surface area contributed by atoms with Crippen molar-refractivity contribution in [2.75, 3.05) is 32.8 Å². The Balaban J connectivity index is 1.93. The highest BCUT2D eigenvalue weighted by Crippen LogP contribution is 2.22. The van der Waals surface area contributed by atoms with Gasteiger partial charge in [-0.3, -0.25) is 9.59 Å². The van der Waals surface area contributed by atoms with Crippen LogP contribution in [-0.4, -0.2) is 55.6 Å². The molecule has 102 valence electrons. The van der Waals surface area contributed by atoms with Gasteiger partial charge in [-0.05, 0) is 13.0 Å². The maximum absolute atomic E-state index is 12.4. The third-order valence-electron chi connectivity index (χ3n) is 3.77. The molecule has 2 fully saturated rings. The third kappa shape index (κ3) is 2.64. The first kappa shape index (κ1) is 13.3. The Morgan fingerprint density at radius 2 is 2.22 bits per heavy atom. The van der Waals surface area contributed by atoms with Crippen molar-refractivity contribution in [1.29, 1.82) is 0 Å². The molecule has 6 heteroatoms. The van der Waals surface area contributed by atoms with Gasteiger partial charge in [0.1, 0.15) is 0 Å². The number of hydrogen-bond acceptors (Lipinski definition) is 4. The lowest BCUT2D eigenvalue weighted by molar-refractivity contribution is -0.135. The molecule has 3 N–H and O–H groups in total. The molecule has 6 nitrogen and oxygen atoms in total. The van der Waals surface area contributed by atoms with Crippen LogP contribution >= 0.6 is 0 Å². The van der Waals surface area contributed by atoms with E-state index in [0.717, 1.165) is 6.54 Å². The van der Waals surface area contributed by atoms with Crippen molar-refractivity contribution in [3.05, 3.63) is 0 Å². The third-order valence-corrected chi connectivity index (χ3v) is 3.77. The van der Waals surface area contributed by atoms with Crippen molar-refractivity contribution in [2.45, 2.75) is 19.4 Å². The normalized spacial score (nSPS) is 31.8. The van der Waals surface area contributed by atoms with Crippen LogP contribution in [0.2, 0.25) is 0 Å². The van der Waals surface area contributed by atoms with E-state index < -0.39 is 0 Å². The molecule has 2 rings (SSSR count). The molecule has 2 saturated heterocycles. The maximum Gasteiger partial charge on any atom is 0.229 e. The highest BCUT2D eigenvalue weighted by Gasteiger charge is 2.39. The Labute approximate surface area is 107 Å². The van der Waals surface area contributed by atoms with Crippen LogP contribution in [0.5, 0.6) is 0 Å². The number of nitrogens with one attached hydrogen (secondary N) is 1. The molecule has 3 unspecified atom stereocenters. The number of nitrogens with zero attached hydrogens (tertiary/aromatic N) is 1. The summed E-state index contributed by atoms with van der Waals surface area (Å²) in [5.41, 5.74) is 5.27. The molecule has 2 amide bonds. The summed E-state index contributed by atoms with van der Waals surface area (Å²) in [7, 11) is 0. The standard InChI is InChI=1S/C12H21N3O3/c1-2-14-10-7-18-6-9(10)12(17)15-4-3-8(5-15)11(13)16/h8-10,14H,2-7H2,1H3,(H2,13,16). The van der Waals surface area contributed by atoms with Gasteiger partial charge < -0.3 is 20.7 Å². The molecule has 0 aromatic heterocycles. The second-order valence-corrected chi connectivity index (χ2v) is 4.98. The molecule has 18 heavy (non-hydrogen) atoms. The summed E-state index contributed by atoms with van der Waals surface area (Å²) in [5, 5.41) is 3.27. The van der Waals surface area contributed by atoms with Crippen LogP contribution in [0.1, 0.15) is 13.3 Å². The van der Waals surface area contributed by atoms with E-state index in [1.807, 2.05) is 6.92 Å². The van der Waals surface area contributed by atoms with Crippen LogP contribution in [0.4, 0.5) is 0 Å². The number of carbonyl (C=O) groups is 2. The lowest BCUT2D eigenvalue weighted by Gasteiger charge is -2.23. The van der Waals surface area contributed by atoms with E-state index in [1.54, 1.807) is 4.90 Å². The average Bonchev–Trinajstić information content (AvgIpc) is 2.97. The zero-order valence-corrected chi connectivity index (χ0v) is 10.7.